The molecule has 2 N–H and O–H groups in total. The van der Waals surface area contributed by atoms with Crippen molar-refractivity contribution in [2.45, 2.75) is 52.1 Å². The number of hydrogen-bond acceptors (Lipinski definition) is 6. The summed E-state index contributed by atoms with van der Waals surface area (Å²) in [6, 6.07) is 9.00. The molecule has 1 amide bonds. The smallest absolute Gasteiger partial charge is 0.264 e. The van der Waals surface area contributed by atoms with Crippen LogP contribution in [0.5, 0.6) is 17.4 Å². The number of methoxy groups -OCH3 is 1. The first-order valence-electron chi connectivity index (χ1n) is 12.5. The number of aromatic hydroxyl groups is 1. The van der Waals surface area contributed by atoms with Crippen molar-refractivity contribution in [2.24, 2.45) is 0 Å². The number of piperidine rings is 1. The Morgan fingerprint density at radius 3 is 2.62 bits per heavy atom. The average Bonchev–Trinajstić information content (AvgIpc) is 2.89. The van der Waals surface area contributed by atoms with Crippen LogP contribution in [0.2, 0.25) is 5.02 Å². The molecular formula is C28H32ClN3O5. The zero-order valence-corrected chi connectivity index (χ0v) is 22.1. The minimum Gasteiger partial charge on any atom is -0.506 e. The normalized spacial score (nSPS) is 14.0. The van der Waals surface area contributed by atoms with E-state index >= 15 is 0 Å². The average molecular weight is 526 g/mol. The van der Waals surface area contributed by atoms with Gasteiger partial charge in [0, 0.05) is 55.0 Å². The van der Waals surface area contributed by atoms with Gasteiger partial charge in [-0.15, -0.1) is 0 Å². The molecule has 3 aromatic rings. The molecule has 196 valence electrons. The van der Waals surface area contributed by atoms with Crippen LogP contribution in [0.4, 0.5) is 0 Å². The van der Waals surface area contributed by atoms with E-state index in [-0.39, 0.29) is 17.4 Å². The minimum absolute atomic E-state index is 0.118. The quantitative estimate of drug-likeness (QED) is 0.422. The number of aryl methyl sites for hydroxylation is 2. The number of halogens is 1. The van der Waals surface area contributed by atoms with Crippen molar-refractivity contribution in [3.05, 3.63) is 68.7 Å². The summed E-state index contributed by atoms with van der Waals surface area (Å²) in [4.78, 5) is 35.3. The van der Waals surface area contributed by atoms with Crippen LogP contribution in [0.1, 0.15) is 54.2 Å². The second-order valence-corrected chi connectivity index (χ2v) is 9.65. The molecule has 3 heterocycles. The number of unbranched alkanes of at least 4 members (excludes halogenated alkanes) is 1. The van der Waals surface area contributed by atoms with Gasteiger partial charge >= 0.3 is 0 Å². The van der Waals surface area contributed by atoms with E-state index in [9.17, 15) is 14.7 Å². The van der Waals surface area contributed by atoms with E-state index in [0.717, 1.165) is 18.4 Å². The number of pyridine rings is 2. The van der Waals surface area contributed by atoms with E-state index in [1.54, 1.807) is 30.2 Å². The maximum atomic E-state index is 13.5. The van der Waals surface area contributed by atoms with E-state index < -0.39 is 11.5 Å². The molecule has 9 heteroatoms. The van der Waals surface area contributed by atoms with Crippen LogP contribution in [0.25, 0.3) is 11.1 Å². The Bertz CT molecular complexity index is 1310. The highest BCUT2D eigenvalue weighted by atomic mass is 35.5. The molecule has 0 radical (unpaired) electrons. The Kier molecular flexibility index (Phi) is 8.38. The van der Waals surface area contributed by atoms with E-state index in [4.69, 9.17) is 21.1 Å². The van der Waals surface area contributed by atoms with E-state index in [1.165, 1.54) is 6.20 Å². The highest BCUT2D eigenvalue weighted by Gasteiger charge is 2.31. The molecule has 2 aromatic heterocycles. The summed E-state index contributed by atoms with van der Waals surface area (Å²) in [6.07, 6.45) is 4.84. The number of H-pyrrole nitrogens is 1. The molecule has 1 aromatic carbocycles. The van der Waals surface area contributed by atoms with Crippen LogP contribution in [0.15, 0.2) is 41.3 Å². The zero-order valence-electron chi connectivity index (χ0n) is 21.3. The second kappa shape index (κ2) is 11.7. The van der Waals surface area contributed by atoms with Crippen molar-refractivity contribution >= 4 is 17.5 Å². The summed E-state index contributed by atoms with van der Waals surface area (Å²) in [5, 5.41) is 12.0. The number of nitrogens with zero attached hydrogens (tertiary/aromatic N) is 2. The predicted octanol–water partition coefficient (Wildman–Crippen LogP) is 5.14. The summed E-state index contributed by atoms with van der Waals surface area (Å²) < 4.78 is 11.5. The van der Waals surface area contributed by atoms with Gasteiger partial charge < -0.3 is 24.5 Å². The number of benzene rings is 1. The molecule has 37 heavy (non-hydrogen) atoms. The fourth-order valence-corrected chi connectivity index (χ4v) is 4.83. The van der Waals surface area contributed by atoms with E-state index in [2.05, 4.69) is 16.9 Å². The fraction of sp³-hybridized carbons (Fsp3) is 0.393. The summed E-state index contributed by atoms with van der Waals surface area (Å²) >= 11 is 5.88. The largest absolute Gasteiger partial charge is 0.506 e. The highest BCUT2D eigenvalue weighted by Crippen LogP contribution is 2.41. The van der Waals surface area contributed by atoms with Gasteiger partial charge in [0.25, 0.3) is 11.5 Å². The zero-order chi connectivity index (χ0) is 26.5. The lowest BCUT2D eigenvalue weighted by Gasteiger charge is -2.32. The third-order valence-electron chi connectivity index (χ3n) is 6.68. The maximum absolute atomic E-state index is 13.5. The van der Waals surface area contributed by atoms with Gasteiger partial charge in [0.15, 0.2) is 0 Å². The number of nitrogens with one attached hydrogen (secondary N) is 1. The molecule has 1 aliphatic heterocycles. The summed E-state index contributed by atoms with van der Waals surface area (Å²) in [6.45, 7) is 4.74. The van der Waals surface area contributed by atoms with Crippen LogP contribution in [-0.4, -0.2) is 52.2 Å². The molecule has 0 aliphatic carbocycles. The lowest BCUT2D eigenvalue weighted by atomic mass is 9.93. The molecule has 0 saturated carbocycles. The first kappa shape index (κ1) is 26.5. The number of aromatic amines is 1. The van der Waals surface area contributed by atoms with Gasteiger partial charge in [0.2, 0.25) is 5.88 Å². The standard InChI is InChI=1S/C28H32ClN3O5/c1-4-5-8-20-24(23-17(2)7-6-9-21(23)36-3)26(33)25(27(34)31-20)28(35)32-14-12-19(13-15-32)37-22-11-10-18(29)16-30-22/h6-7,9-11,16,19H,4-5,8,12-15H2,1-3H3,(H2,31,33,34). The fourth-order valence-electron chi connectivity index (χ4n) is 4.72. The van der Waals surface area contributed by atoms with Crippen LogP contribution < -0.4 is 15.0 Å². The number of aromatic nitrogens is 2. The van der Waals surface area contributed by atoms with Gasteiger partial charge in [-0.05, 0) is 37.5 Å². The molecular weight excluding hydrogens is 494 g/mol. The predicted molar refractivity (Wildman–Crippen MR) is 143 cm³/mol. The van der Waals surface area contributed by atoms with E-state index in [0.29, 0.717) is 65.8 Å². The van der Waals surface area contributed by atoms with Crippen molar-refractivity contribution in [1.29, 1.82) is 0 Å². The molecule has 0 unspecified atom stereocenters. The lowest BCUT2D eigenvalue weighted by Crippen LogP contribution is -2.43. The molecule has 0 bridgehead atoms. The van der Waals surface area contributed by atoms with Crippen molar-refractivity contribution in [3.8, 4) is 28.5 Å². The van der Waals surface area contributed by atoms with Crippen molar-refractivity contribution in [2.75, 3.05) is 20.2 Å². The first-order valence-corrected chi connectivity index (χ1v) is 12.9. The lowest BCUT2D eigenvalue weighted by molar-refractivity contribution is 0.0583. The second-order valence-electron chi connectivity index (χ2n) is 9.21. The number of rotatable bonds is 8. The number of hydrogen-bond donors (Lipinski definition) is 2. The van der Waals surface area contributed by atoms with Crippen LogP contribution in [0.3, 0.4) is 0 Å². The van der Waals surface area contributed by atoms with Crippen LogP contribution >= 0.6 is 11.6 Å². The molecule has 8 nitrogen and oxygen atoms in total. The van der Waals surface area contributed by atoms with Gasteiger partial charge in [0.1, 0.15) is 23.2 Å². The summed E-state index contributed by atoms with van der Waals surface area (Å²) in [7, 11) is 1.56. The Balaban J connectivity index is 1.63. The van der Waals surface area contributed by atoms with Crippen LogP contribution in [-0.2, 0) is 6.42 Å². The number of carbonyl (C=O) groups is 1. The number of carbonyl (C=O) groups excluding carboxylic acids is 1. The number of ether oxygens (including phenoxy) is 2. The topological polar surface area (TPSA) is 105 Å². The molecule has 0 atom stereocenters. The van der Waals surface area contributed by atoms with Gasteiger partial charge in [-0.3, -0.25) is 9.59 Å². The Hall–Kier alpha value is -3.52. The summed E-state index contributed by atoms with van der Waals surface area (Å²) in [5.74, 6) is 0.226. The van der Waals surface area contributed by atoms with Crippen LogP contribution in [0, 0.1) is 6.92 Å². The molecule has 1 saturated heterocycles. The Morgan fingerprint density at radius 2 is 1.97 bits per heavy atom. The summed E-state index contributed by atoms with van der Waals surface area (Å²) in [5.41, 5.74) is 1.73. The maximum Gasteiger partial charge on any atom is 0.264 e. The first-order chi connectivity index (χ1) is 17.8. The molecule has 1 aliphatic rings. The van der Waals surface area contributed by atoms with Crippen molar-refractivity contribution < 1.29 is 19.4 Å². The SMILES string of the molecule is CCCCc1[nH]c(=O)c(C(=O)N2CCC(Oc3ccc(Cl)cn3)CC2)c(O)c1-c1c(C)cccc1OC. The number of likely N-dealkylation sites (tertiary alicyclic amines) is 1. The van der Waals surface area contributed by atoms with Gasteiger partial charge in [-0.25, -0.2) is 4.98 Å². The number of amides is 1. The third kappa shape index (κ3) is 5.74. The molecule has 4 rings (SSSR count). The van der Waals surface area contributed by atoms with Crippen molar-refractivity contribution in [3.63, 3.8) is 0 Å². The highest BCUT2D eigenvalue weighted by molar-refractivity contribution is 6.30. The molecule has 1 fully saturated rings. The van der Waals surface area contributed by atoms with Gasteiger partial charge in [-0.2, -0.15) is 0 Å². The minimum atomic E-state index is -0.589. The Morgan fingerprint density at radius 1 is 1.22 bits per heavy atom. The Labute approximate surface area is 221 Å². The van der Waals surface area contributed by atoms with Gasteiger partial charge in [0.05, 0.1) is 12.1 Å². The van der Waals surface area contributed by atoms with E-state index in [1.807, 2.05) is 19.1 Å². The third-order valence-corrected chi connectivity index (χ3v) is 6.91. The van der Waals surface area contributed by atoms with Crippen molar-refractivity contribution in [1.82, 2.24) is 14.9 Å². The monoisotopic (exact) mass is 525 g/mol. The molecule has 0 spiro atoms. The van der Waals surface area contributed by atoms with Gasteiger partial charge in [-0.1, -0.05) is 37.1 Å².